The van der Waals surface area contributed by atoms with Crippen LogP contribution in [0.3, 0.4) is 0 Å². The minimum atomic E-state index is -1.10. The molecule has 0 saturated heterocycles. The van der Waals surface area contributed by atoms with Crippen LogP contribution >= 0.6 is 39.1 Å². The molecule has 2 aromatic rings. The number of hydrogen-bond acceptors (Lipinski definition) is 1. The number of halogens is 4. The Morgan fingerprint density at radius 3 is 2.44 bits per heavy atom. The third-order valence-electron chi connectivity index (χ3n) is 2.53. The van der Waals surface area contributed by atoms with Gasteiger partial charge in [0.05, 0.1) is 10.0 Å². The van der Waals surface area contributed by atoms with Gasteiger partial charge in [-0.25, -0.2) is 4.39 Å². The van der Waals surface area contributed by atoms with Gasteiger partial charge in [-0.1, -0.05) is 51.3 Å². The molecule has 0 bridgehead atoms. The molecule has 2 aromatic carbocycles. The van der Waals surface area contributed by atoms with Crippen molar-refractivity contribution in [3.63, 3.8) is 0 Å². The third-order valence-corrected chi connectivity index (χ3v) is 3.96. The first-order chi connectivity index (χ1) is 8.50. The molecule has 0 aliphatic rings. The Balaban J connectivity index is 2.48. The predicted molar refractivity (Wildman–Crippen MR) is 74.6 cm³/mol. The summed E-state index contributed by atoms with van der Waals surface area (Å²) in [5.74, 6) is -0.483. The van der Waals surface area contributed by atoms with Gasteiger partial charge >= 0.3 is 0 Å². The summed E-state index contributed by atoms with van der Waals surface area (Å²) in [7, 11) is 0. The lowest BCUT2D eigenvalue weighted by Gasteiger charge is -2.14. The molecule has 1 unspecified atom stereocenters. The second kappa shape index (κ2) is 5.57. The molecule has 0 spiro atoms. The van der Waals surface area contributed by atoms with E-state index in [1.54, 1.807) is 24.3 Å². The molecule has 18 heavy (non-hydrogen) atoms. The Kier molecular flexibility index (Phi) is 4.28. The molecule has 0 aliphatic carbocycles. The van der Waals surface area contributed by atoms with Crippen molar-refractivity contribution >= 4 is 39.1 Å². The summed E-state index contributed by atoms with van der Waals surface area (Å²) in [6.45, 7) is 0. The van der Waals surface area contributed by atoms with E-state index in [0.29, 0.717) is 20.1 Å². The molecule has 0 saturated carbocycles. The molecule has 0 heterocycles. The Hall–Kier alpha value is -0.610. The van der Waals surface area contributed by atoms with Crippen molar-refractivity contribution in [3.05, 3.63) is 67.9 Å². The zero-order valence-corrected chi connectivity index (χ0v) is 12.1. The largest absolute Gasteiger partial charge is 0.384 e. The molecule has 1 atom stereocenters. The van der Waals surface area contributed by atoms with Gasteiger partial charge in [0, 0.05) is 10.0 Å². The second-order valence-corrected chi connectivity index (χ2v) is 5.38. The topological polar surface area (TPSA) is 20.2 Å². The Labute approximate surface area is 122 Å². The van der Waals surface area contributed by atoms with Crippen molar-refractivity contribution in [2.75, 3.05) is 0 Å². The van der Waals surface area contributed by atoms with E-state index in [0.717, 1.165) is 0 Å². The van der Waals surface area contributed by atoms with E-state index < -0.39 is 11.9 Å². The molecule has 5 heteroatoms. The fraction of sp³-hybridized carbons (Fsp3) is 0.0769. The quantitative estimate of drug-likeness (QED) is 0.810. The molecule has 2 rings (SSSR count). The van der Waals surface area contributed by atoms with Crippen LogP contribution in [-0.4, -0.2) is 5.11 Å². The summed E-state index contributed by atoms with van der Waals surface area (Å²) in [5.41, 5.74) is 0.658. The van der Waals surface area contributed by atoms with E-state index in [1.165, 1.54) is 12.1 Å². The monoisotopic (exact) mass is 348 g/mol. The maximum Gasteiger partial charge on any atom is 0.130 e. The van der Waals surface area contributed by atoms with Crippen LogP contribution in [0, 0.1) is 5.82 Å². The van der Waals surface area contributed by atoms with Gasteiger partial charge in [-0.15, -0.1) is 0 Å². The van der Waals surface area contributed by atoms with Crippen molar-refractivity contribution in [1.29, 1.82) is 0 Å². The molecule has 0 amide bonds. The lowest BCUT2D eigenvalue weighted by molar-refractivity contribution is 0.214. The smallest absolute Gasteiger partial charge is 0.130 e. The van der Waals surface area contributed by atoms with E-state index in [-0.39, 0.29) is 5.56 Å². The first-order valence-corrected chi connectivity index (χ1v) is 6.62. The van der Waals surface area contributed by atoms with E-state index in [2.05, 4.69) is 15.9 Å². The summed E-state index contributed by atoms with van der Waals surface area (Å²) in [5, 5.41) is 10.9. The predicted octanol–water partition coefficient (Wildman–Crippen LogP) is 4.98. The second-order valence-electron chi connectivity index (χ2n) is 3.71. The van der Waals surface area contributed by atoms with Gasteiger partial charge in [0.15, 0.2) is 0 Å². The Bertz CT molecular complexity index is 569. The molecular weight excluding hydrogens is 342 g/mol. The van der Waals surface area contributed by atoms with Gasteiger partial charge in [-0.3, -0.25) is 0 Å². The molecule has 0 aromatic heterocycles. The van der Waals surface area contributed by atoms with Crippen LogP contribution in [0.5, 0.6) is 0 Å². The van der Waals surface area contributed by atoms with Crippen molar-refractivity contribution in [2.24, 2.45) is 0 Å². The summed E-state index contributed by atoms with van der Waals surface area (Å²) < 4.78 is 14.2. The fourth-order valence-electron chi connectivity index (χ4n) is 1.62. The van der Waals surface area contributed by atoms with Crippen molar-refractivity contribution < 1.29 is 9.50 Å². The number of hydrogen-bond donors (Lipinski definition) is 1. The van der Waals surface area contributed by atoms with Gasteiger partial charge in [-0.2, -0.15) is 0 Å². The molecule has 0 aliphatic heterocycles. The zero-order chi connectivity index (χ0) is 13.3. The highest BCUT2D eigenvalue weighted by Crippen LogP contribution is 2.33. The first kappa shape index (κ1) is 13.8. The van der Waals surface area contributed by atoms with Gasteiger partial charge in [0.2, 0.25) is 0 Å². The maximum absolute atomic E-state index is 13.7. The molecule has 94 valence electrons. The molecule has 1 nitrogen and oxygen atoms in total. The number of aliphatic hydroxyl groups is 1. The third kappa shape index (κ3) is 2.69. The number of aliphatic hydroxyl groups excluding tert-OH is 1. The van der Waals surface area contributed by atoms with Crippen LogP contribution in [0.2, 0.25) is 10.0 Å². The minimum Gasteiger partial charge on any atom is -0.384 e. The first-order valence-electron chi connectivity index (χ1n) is 5.07. The summed E-state index contributed by atoms with van der Waals surface area (Å²) >= 11 is 14.9. The van der Waals surface area contributed by atoms with E-state index >= 15 is 0 Å². The minimum absolute atomic E-state index is 0.177. The van der Waals surface area contributed by atoms with Crippen LogP contribution in [0.1, 0.15) is 17.2 Å². The fourth-order valence-corrected chi connectivity index (χ4v) is 2.49. The van der Waals surface area contributed by atoms with E-state index in [1.807, 2.05) is 0 Å². The average molecular weight is 350 g/mol. The van der Waals surface area contributed by atoms with Crippen LogP contribution in [-0.2, 0) is 0 Å². The van der Waals surface area contributed by atoms with Crippen molar-refractivity contribution in [2.45, 2.75) is 6.10 Å². The summed E-state index contributed by atoms with van der Waals surface area (Å²) in [4.78, 5) is 0. The van der Waals surface area contributed by atoms with E-state index in [9.17, 15) is 9.50 Å². The normalized spacial score (nSPS) is 12.5. The molecule has 1 N–H and O–H groups in total. The number of rotatable bonds is 2. The lowest BCUT2D eigenvalue weighted by atomic mass is 10.0. The highest BCUT2D eigenvalue weighted by Gasteiger charge is 2.18. The average Bonchev–Trinajstić information content (AvgIpc) is 2.32. The highest BCUT2D eigenvalue weighted by molar-refractivity contribution is 9.10. The SMILES string of the molecule is OC(c1ccc(Cl)c(Cl)c1)c1c(F)cccc1Br. The Morgan fingerprint density at radius 1 is 1.11 bits per heavy atom. The molecular formula is C13H8BrCl2FO. The molecule has 0 fully saturated rings. The van der Waals surface area contributed by atoms with Crippen molar-refractivity contribution in [1.82, 2.24) is 0 Å². The standard InChI is InChI=1S/C13H8BrCl2FO/c14-8-2-1-3-11(17)12(8)13(18)7-4-5-9(15)10(16)6-7/h1-6,13,18H. The van der Waals surface area contributed by atoms with Crippen LogP contribution in [0.15, 0.2) is 40.9 Å². The summed E-state index contributed by atoms with van der Waals surface area (Å²) in [6.07, 6.45) is -1.10. The number of benzene rings is 2. The van der Waals surface area contributed by atoms with E-state index in [4.69, 9.17) is 23.2 Å². The van der Waals surface area contributed by atoms with Gasteiger partial charge in [-0.05, 0) is 29.8 Å². The maximum atomic E-state index is 13.7. The van der Waals surface area contributed by atoms with Gasteiger partial charge < -0.3 is 5.11 Å². The van der Waals surface area contributed by atoms with Gasteiger partial charge in [0.1, 0.15) is 11.9 Å². The van der Waals surface area contributed by atoms with Crippen molar-refractivity contribution in [3.8, 4) is 0 Å². The van der Waals surface area contributed by atoms with Crippen LogP contribution in [0.25, 0.3) is 0 Å². The summed E-state index contributed by atoms with van der Waals surface area (Å²) in [6, 6.07) is 9.22. The molecule has 0 radical (unpaired) electrons. The zero-order valence-electron chi connectivity index (χ0n) is 9.00. The van der Waals surface area contributed by atoms with Crippen LogP contribution < -0.4 is 0 Å². The van der Waals surface area contributed by atoms with Gasteiger partial charge in [0.25, 0.3) is 0 Å². The lowest BCUT2D eigenvalue weighted by Crippen LogP contribution is -2.03. The highest BCUT2D eigenvalue weighted by atomic mass is 79.9. The Morgan fingerprint density at radius 2 is 1.83 bits per heavy atom. The van der Waals surface area contributed by atoms with Crippen LogP contribution in [0.4, 0.5) is 4.39 Å².